The van der Waals surface area contributed by atoms with Crippen molar-refractivity contribution in [1.29, 1.82) is 0 Å². The molecule has 1 fully saturated rings. The minimum absolute atomic E-state index is 0.0899. The standard InChI is InChI=1S/C22H28N2OS/c1-4-25-19-10-8-18(9-11-19)22(13-5-6-14-22)24-21(26)23-20-12-7-16(2)15-17(20)3/h7-12,15H,4-6,13-14H2,1-3H3,(H2,23,24,26). The van der Waals surface area contributed by atoms with Gasteiger partial charge in [-0.1, -0.05) is 42.7 Å². The van der Waals surface area contributed by atoms with E-state index in [1.165, 1.54) is 29.5 Å². The molecule has 0 amide bonds. The fourth-order valence-electron chi connectivity index (χ4n) is 3.83. The molecule has 0 spiro atoms. The largest absolute Gasteiger partial charge is 0.494 e. The minimum atomic E-state index is -0.0899. The van der Waals surface area contributed by atoms with Gasteiger partial charge in [-0.3, -0.25) is 0 Å². The molecule has 2 N–H and O–H groups in total. The van der Waals surface area contributed by atoms with Gasteiger partial charge in [-0.2, -0.15) is 0 Å². The van der Waals surface area contributed by atoms with Crippen LogP contribution >= 0.6 is 12.2 Å². The van der Waals surface area contributed by atoms with Crippen LogP contribution in [0.2, 0.25) is 0 Å². The van der Waals surface area contributed by atoms with Crippen molar-refractivity contribution in [3.63, 3.8) is 0 Å². The number of hydrogen-bond donors (Lipinski definition) is 2. The number of ether oxygens (including phenoxy) is 1. The van der Waals surface area contributed by atoms with Gasteiger partial charge in [0.2, 0.25) is 0 Å². The van der Waals surface area contributed by atoms with Crippen molar-refractivity contribution in [3.8, 4) is 5.75 Å². The van der Waals surface area contributed by atoms with Gasteiger partial charge >= 0.3 is 0 Å². The summed E-state index contributed by atoms with van der Waals surface area (Å²) in [5.74, 6) is 0.917. The van der Waals surface area contributed by atoms with Gasteiger partial charge < -0.3 is 15.4 Å². The third-order valence-electron chi connectivity index (χ3n) is 5.16. The first-order chi connectivity index (χ1) is 12.5. The second-order valence-electron chi connectivity index (χ2n) is 7.14. The van der Waals surface area contributed by atoms with Crippen LogP contribution in [0.15, 0.2) is 42.5 Å². The molecule has 1 saturated carbocycles. The molecule has 3 nitrogen and oxygen atoms in total. The topological polar surface area (TPSA) is 33.3 Å². The number of benzene rings is 2. The highest BCUT2D eigenvalue weighted by Crippen LogP contribution is 2.39. The molecular weight excluding hydrogens is 340 g/mol. The molecule has 1 aliphatic carbocycles. The average molecular weight is 369 g/mol. The minimum Gasteiger partial charge on any atom is -0.494 e. The van der Waals surface area contributed by atoms with Crippen LogP contribution in [-0.4, -0.2) is 11.7 Å². The van der Waals surface area contributed by atoms with Gasteiger partial charge in [-0.15, -0.1) is 0 Å². The van der Waals surface area contributed by atoms with E-state index in [0.717, 1.165) is 24.3 Å². The molecule has 0 unspecified atom stereocenters. The molecule has 2 aromatic rings. The Balaban J connectivity index is 1.76. The fraction of sp³-hybridized carbons (Fsp3) is 0.409. The Morgan fingerprint density at radius 1 is 1.08 bits per heavy atom. The predicted molar refractivity (Wildman–Crippen MR) is 113 cm³/mol. The molecule has 0 atom stereocenters. The Labute approximate surface area is 162 Å². The molecule has 2 aromatic carbocycles. The molecule has 0 aliphatic heterocycles. The van der Waals surface area contributed by atoms with Gasteiger partial charge in [0.05, 0.1) is 12.1 Å². The number of hydrogen-bond acceptors (Lipinski definition) is 2. The van der Waals surface area contributed by atoms with Gasteiger partial charge in [-0.05, 0) is 75.2 Å². The Morgan fingerprint density at radius 3 is 2.38 bits per heavy atom. The maximum atomic E-state index is 5.66. The zero-order valence-corrected chi connectivity index (χ0v) is 16.7. The maximum Gasteiger partial charge on any atom is 0.171 e. The zero-order chi connectivity index (χ0) is 18.6. The van der Waals surface area contributed by atoms with Crippen molar-refractivity contribution in [2.24, 2.45) is 0 Å². The van der Waals surface area contributed by atoms with Crippen molar-refractivity contribution in [1.82, 2.24) is 5.32 Å². The summed E-state index contributed by atoms with van der Waals surface area (Å²) in [5, 5.41) is 7.70. The highest BCUT2D eigenvalue weighted by atomic mass is 32.1. The number of nitrogens with one attached hydrogen (secondary N) is 2. The van der Waals surface area contributed by atoms with E-state index in [2.05, 4.69) is 66.9 Å². The van der Waals surface area contributed by atoms with Crippen LogP contribution < -0.4 is 15.4 Å². The van der Waals surface area contributed by atoms with Crippen LogP contribution in [-0.2, 0) is 5.54 Å². The first kappa shape index (κ1) is 18.7. The normalized spacial score (nSPS) is 15.5. The van der Waals surface area contributed by atoms with Crippen LogP contribution in [0, 0.1) is 13.8 Å². The molecular formula is C22H28N2OS. The van der Waals surface area contributed by atoms with E-state index in [0.29, 0.717) is 11.7 Å². The summed E-state index contributed by atoms with van der Waals surface area (Å²) in [7, 11) is 0. The summed E-state index contributed by atoms with van der Waals surface area (Å²) >= 11 is 5.66. The van der Waals surface area contributed by atoms with Crippen molar-refractivity contribution in [3.05, 3.63) is 59.2 Å². The van der Waals surface area contributed by atoms with Gasteiger partial charge in [0.25, 0.3) is 0 Å². The number of rotatable bonds is 5. The first-order valence-corrected chi connectivity index (χ1v) is 9.83. The number of thiocarbonyl (C=S) groups is 1. The molecule has 0 bridgehead atoms. The van der Waals surface area contributed by atoms with Crippen LogP contribution in [0.4, 0.5) is 5.69 Å². The molecule has 4 heteroatoms. The SMILES string of the molecule is CCOc1ccc(C2(NC(=S)Nc3ccc(C)cc3C)CCCC2)cc1. The van der Waals surface area contributed by atoms with Gasteiger partial charge in [0.1, 0.15) is 5.75 Å². The summed E-state index contributed by atoms with van der Waals surface area (Å²) in [6.07, 6.45) is 4.62. The lowest BCUT2D eigenvalue weighted by Crippen LogP contribution is -2.45. The van der Waals surface area contributed by atoms with Crippen molar-refractivity contribution >= 4 is 23.0 Å². The van der Waals surface area contributed by atoms with Gasteiger partial charge in [0.15, 0.2) is 5.11 Å². The first-order valence-electron chi connectivity index (χ1n) is 9.42. The smallest absolute Gasteiger partial charge is 0.171 e. The van der Waals surface area contributed by atoms with Gasteiger partial charge in [-0.25, -0.2) is 0 Å². The second kappa shape index (κ2) is 8.09. The average Bonchev–Trinajstić information content (AvgIpc) is 3.08. The Morgan fingerprint density at radius 2 is 1.77 bits per heavy atom. The van der Waals surface area contributed by atoms with E-state index < -0.39 is 0 Å². The summed E-state index contributed by atoms with van der Waals surface area (Å²) in [4.78, 5) is 0. The molecule has 0 aromatic heterocycles. The summed E-state index contributed by atoms with van der Waals surface area (Å²) in [6, 6.07) is 14.8. The highest BCUT2D eigenvalue weighted by molar-refractivity contribution is 7.80. The van der Waals surface area contributed by atoms with Gasteiger partial charge in [0, 0.05) is 5.69 Å². The van der Waals surface area contributed by atoms with Crippen LogP contribution in [0.3, 0.4) is 0 Å². The van der Waals surface area contributed by atoms with Crippen molar-refractivity contribution in [2.45, 2.75) is 52.0 Å². The van der Waals surface area contributed by atoms with Crippen molar-refractivity contribution < 1.29 is 4.74 Å². The second-order valence-corrected chi connectivity index (χ2v) is 7.55. The Hall–Kier alpha value is -2.07. The van der Waals surface area contributed by atoms with E-state index in [1.54, 1.807) is 0 Å². The molecule has 138 valence electrons. The summed E-state index contributed by atoms with van der Waals surface area (Å²) < 4.78 is 5.58. The maximum absolute atomic E-state index is 5.66. The lowest BCUT2D eigenvalue weighted by atomic mass is 9.88. The third kappa shape index (κ3) is 4.18. The molecule has 1 aliphatic rings. The summed E-state index contributed by atoms with van der Waals surface area (Å²) in [6.45, 7) is 6.90. The number of aryl methyl sites for hydroxylation is 2. The summed E-state index contributed by atoms with van der Waals surface area (Å²) in [5.41, 5.74) is 4.72. The molecule has 3 rings (SSSR count). The van der Waals surface area contributed by atoms with Crippen LogP contribution in [0.5, 0.6) is 5.75 Å². The lowest BCUT2D eigenvalue weighted by molar-refractivity contribution is 0.339. The van der Waals surface area contributed by atoms with Crippen LogP contribution in [0.25, 0.3) is 0 Å². The van der Waals surface area contributed by atoms with Crippen LogP contribution in [0.1, 0.15) is 49.3 Å². The van der Waals surface area contributed by atoms with E-state index in [1.807, 2.05) is 6.92 Å². The quantitative estimate of drug-likeness (QED) is 0.687. The van der Waals surface area contributed by atoms with E-state index in [9.17, 15) is 0 Å². The lowest BCUT2D eigenvalue weighted by Gasteiger charge is -2.33. The van der Waals surface area contributed by atoms with Crippen molar-refractivity contribution in [2.75, 3.05) is 11.9 Å². The van der Waals surface area contributed by atoms with E-state index in [4.69, 9.17) is 17.0 Å². The monoisotopic (exact) mass is 368 g/mol. The predicted octanol–water partition coefficient (Wildman–Crippen LogP) is 5.46. The molecule has 0 saturated heterocycles. The number of anilines is 1. The molecule has 0 radical (unpaired) electrons. The van der Waals surface area contributed by atoms with E-state index in [-0.39, 0.29) is 5.54 Å². The van der Waals surface area contributed by atoms with E-state index >= 15 is 0 Å². The fourth-order valence-corrected chi connectivity index (χ4v) is 4.13. The zero-order valence-electron chi connectivity index (χ0n) is 15.9. The molecule has 26 heavy (non-hydrogen) atoms. The third-order valence-corrected chi connectivity index (χ3v) is 5.36. The Bertz CT molecular complexity index is 764. The Kier molecular flexibility index (Phi) is 5.82. The highest BCUT2D eigenvalue weighted by Gasteiger charge is 2.36. The molecule has 0 heterocycles.